The highest BCUT2D eigenvalue weighted by Crippen LogP contribution is 2.37. The molecule has 9 heteroatoms. The van der Waals surface area contributed by atoms with Crippen LogP contribution in [0.2, 0.25) is 5.02 Å². The fraction of sp³-hybridized carbons (Fsp3) is 0.455. The van der Waals surface area contributed by atoms with Crippen LogP contribution in [0.5, 0.6) is 5.75 Å². The molecule has 0 aromatic heterocycles. The molecule has 20 heavy (non-hydrogen) atoms. The smallest absolute Gasteiger partial charge is 0.246 e. The van der Waals surface area contributed by atoms with Crippen LogP contribution in [0, 0.1) is 0 Å². The van der Waals surface area contributed by atoms with Crippen LogP contribution in [-0.4, -0.2) is 39.0 Å². The Labute approximate surface area is 138 Å². The third-order valence-electron chi connectivity index (χ3n) is 2.98. The molecule has 1 unspecified atom stereocenters. The van der Waals surface area contributed by atoms with Crippen molar-refractivity contribution in [3.63, 3.8) is 0 Å². The van der Waals surface area contributed by atoms with Crippen molar-refractivity contribution in [1.29, 1.82) is 0 Å². The van der Waals surface area contributed by atoms with Gasteiger partial charge in [-0.3, -0.25) is 0 Å². The molecule has 1 atom stereocenters. The number of nitrogens with two attached hydrogens (primary N) is 1. The van der Waals surface area contributed by atoms with Gasteiger partial charge in [0.25, 0.3) is 0 Å². The summed E-state index contributed by atoms with van der Waals surface area (Å²) in [5, 5.41) is 0.328. The van der Waals surface area contributed by atoms with Gasteiger partial charge < -0.3 is 10.5 Å². The Morgan fingerprint density at radius 2 is 2.15 bits per heavy atom. The molecule has 1 aromatic rings. The van der Waals surface area contributed by atoms with Crippen molar-refractivity contribution in [3.05, 3.63) is 21.6 Å². The summed E-state index contributed by atoms with van der Waals surface area (Å²) >= 11 is 9.18. The zero-order valence-electron chi connectivity index (χ0n) is 10.7. The van der Waals surface area contributed by atoms with E-state index in [1.165, 1.54) is 17.5 Å². The van der Waals surface area contributed by atoms with Crippen LogP contribution in [-0.2, 0) is 10.0 Å². The van der Waals surface area contributed by atoms with Gasteiger partial charge in [-0.1, -0.05) is 11.6 Å². The molecule has 0 radical (unpaired) electrons. The Morgan fingerprint density at radius 1 is 1.50 bits per heavy atom. The average Bonchev–Trinajstić information content (AvgIpc) is 2.75. The third-order valence-corrected chi connectivity index (χ3v) is 5.66. The molecule has 0 amide bonds. The predicted octanol–water partition coefficient (Wildman–Crippen LogP) is 2.25. The van der Waals surface area contributed by atoms with Crippen molar-refractivity contribution in [2.24, 2.45) is 5.73 Å². The van der Waals surface area contributed by atoms with Gasteiger partial charge in [0.1, 0.15) is 4.90 Å². The molecule has 1 aliphatic rings. The van der Waals surface area contributed by atoms with Crippen LogP contribution in [0.25, 0.3) is 0 Å². The van der Waals surface area contributed by atoms with E-state index in [-0.39, 0.29) is 29.1 Å². The molecule has 1 saturated heterocycles. The van der Waals surface area contributed by atoms with Gasteiger partial charge in [0.2, 0.25) is 10.0 Å². The van der Waals surface area contributed by atoms with Crippen molar-refractivity contribution >= 4 is 50.0 Å². The Morgan fingerprint density at radius 3 is 2.65 bits per heavy atom. The Hall–Kier alpha value is -0.0500. The first kappa shape index (κ1) is 18.0. The number of nitrogens with zero attached hydrogens (tertiary/aromatic N) is 1. The second-order valence-corrected chi connectivity index (χ2v) is 7.53. The summed E-state index contributed by atoms with van der Waals surface area (Å²) in [5.74, 6) is 0.255. The normalized spacial score (nSPS) is 19.7. The zero-order valence-corrected chi connectivity index (χ0v) is 14.7. The lowest BCUT2D eigenvalue weighted by Gasteiger charge is -2.18. The Balaban J connectivity index is 0.00000200. The fourth-order valence-corrected chi connectivity index (χ4v) is 4.92. The second-order valence-electron chi connectivity index (χ2n) is 4.33. The minimum atomic E-state index is -3.65. The van der Waals surface area contributed by atoms with Crippen LogP contribution < -0.4 is 10.5 Å². The van der Waals surface area contributed by atoms with E-state index >= 15 is 0 Å². The number of hydrogen-bond acceptors (Lipinski definition) is 4. The van der Waals surface area contributed by atoms with E-state index in [4.69, 9.17) is 22.1 Å². The monoisotopic (exact) mass is 404 g/mol. The summed E-state index contributed by atoms with van der Waals surface area (Å²) in [6, 6.07) is 2.86. The molecular weight excluding hydrogens is 391 g/mol. The third kappa shape index (κ3) is 3.40. The average molecular weight is 406 g/mol. The SMILES string of the molecule is COc1c(Br)cc(Cl)cc1S(=O)(=O)N1CCC(N)C1.Cl. The number of benzene rings is 1. The minimum absolute atomic E-state index is 0. The molecule has 1 aliphatic heterocycles. The highest BCUT2D eigenvalue weighted by atomic mass is 79.9. The standard InChI is InChI=1S/C11H14BrClN2O3S.ClH/c1-18-11-9(12)4-7(13)5-10(11)19(16,17)15-3-2-8(14)6-15;/h4-5,8H,2-3,6,14H2,1H3;1H. The van der Waals surface area contributed by atoms with Gasteiger partial charge in [-0.15, -0.1) is 12.4 Å². The highest BCUT2D eigenvalue weighted by molar-refractivity contribution is 9.10. The Bertz CT molecular complexity index is 598. The molecule has 0 saturated carbocycles. The van der Waals surface area contributed by atoms with E-state index in [1.54, 1.807) is 6.07 Å². The summed E-state index contributed by atoms with van der Waals surface area (Å²) < 4.78 is 32.2. The van der Waals surface area contributed by atoms with Crippen molar-refractivity contribution in [3.8, 4) is 5.75 Å². The molecule has 1 fully saturated rings. The lowest BCUT2D eigenvalue weighted by molar-refractivity contribution is 0.395. The molecule has 5 nitrogen and oxygen atoms in total. The number of hydrogen-bond donors (Lipinski definition) is 1. The van der Waals surface area contributed by atoms with Gasteiger partial charge in [-0.25, -0.2) is 8.42 Å². The number of ether oxygens (including phenoxy) is 1. The van der Waals surface area contributed by atoms with E-state index in [2.05, 4.69) is 15.9 Å². The van der Waals surface area contributed by atoms with Crippen LogP contribution in [0.4, 0.5) is 0 Å². The van der Waals surface area contributed by atoms with E-state index in [1.807, 2.05) is 0 Å². The number of methoxy groups -OCH3 is 1. The topological polar surface area (TPSA) is 72.6 Å². The van der Waals surface area contributed by atoms with Gasteiger partial charge in [0.15, 0.2) is 5.75 Å². The van der Waals surface area contributed by atoms with Gasteiger partial charge in [-0.2, -0.15) is 4.31 Å². The summed E-state index contributed by atoms with van der Waals surface area (Å²) in [6.07, 6.45) is 0.656. The van der Waals surface area contributed by atoms with Crippen LogP contribution in [0.1, 0.15) is 6.42 Å². The number of halogens is 3. The van der Waals surface area contributed by atoms with Crippen molar-refractivity contribution in [1.82, 2.24) is 4.31 Å². The van der Waals surface area contributed by atoms with Crippen molar-refractivity contribution < 1.29 is 13.2 Å². The van der Waals surface area contributed by atoms with Gasteiger partial charge in [0, 0.05) is 24.2 Å². The molecule has 0 bridgehead atoms. The minimum Gasteiger partial charge on any atom is -0.494 e. The summed E-state index contributed by atoms with van der Waals surface area (Å²) in [6.45, 7) is 0.729. The summed E-state index contributed by atoms with van der Waals surface area (Å²) in [5.41, 5.74) is 5.76. The Kier molecular flexibility index (Phi) is 6.13. The lowest BCUT2D eigenvalue weighted by Crippen LogP contribution is -2.32. The molecule has 1 heterocycles. The largest absolute Gasteiger partial charge is 0.494 e. The molecular formula is C11H15BrCl2N2O3S. The molecule has 0 spiro atoms. The molecule has 2 N–H and O–H groups in total. The maximum absolute atomic E-state index is 12.6. The van der Waals surface area contributed by atoms with Crippen molar-refractivity contribution in [2.45, 2.75) is 17.4 Å². The van der Waals surface area contributed by atoms with Crippen LogP contribution in [0.15, 0.2) is 21.5 Å². The first-order chi connectivity index (χ1) is 8.86. The quantitative estimate of drug-likeness (QED) is 0.836. The number of sulfonamides is 1. The summed E-state index contributed by atoms with van der Waals surface area (Å²) in [4.78, 5) is 0.0588. The van der Waals surface area contributed by atoms with E-state index in [0.29, 0.717) is 29.0 Å². The van der Waals surface area contributed by atoms with Crippen LogP contribution in [0.3, 0.4) is 0 Å². The highest BCUT2D eigenvalue weighted by Gasteiger charge is 2.33. The van der Waals surface area contributed by atoms with E-state index < -0.39 is 10.0 Å². The summed E-state index contributed by atoms with van der Waals surface area (Å²) in [7, 11) is -2.23. The van der Waals surface area contributed by atoms with Gasteiger partial charge in [0.05, 0.1) is 11.6 Å². The lowest BCUT2D eigenvalue weighted by atomic mass is 10.3. The number of rotatable bonds is 3. The van der Waals surface area contributed by atoms with Gasteiger partial charge >= 0.3 is 0 Å². The second kappa shape index (κ2) is 6.81. The maximum Gasteiger partial charge on any atom is 0.246 e. The first-order valence-electron chi connectivity index (χ1n) is 5.65. The van der Waals surface area contributed by atoms with E-state index in [0.717, 1.165) is 0 Å². The molecule has 1 aromatic carbocycles. The van der Waals surface area contributed by atoms with E-state index in [9.17, 15) is 8.42 Å². The maximum atomic E-state index is 12.6. The molecule has 2 rings (SSSR count). The fourth-order valence-electron chi connectivity index (χ4n) is 2.04. The van der Waals surface area contributed by atoms with Gasteiger partial charge in [-0.05, 0) is 34.5 Å². The van der Waals surface area contributed by atoms with Crippen molar-refractivity contribution in [2.75, 3.05) is 20.2 Å². The molecule has 0 aliphatic carbocycles. The molecule has 114 valence electrons. The predicted molar refractivity (Wildman–Crippen MR) is 84.3 cm³/mol. The van der Waals surface area contributed by atoms with Crippen LogP contribution >= 0.6 is 39.9 Å². The zero-order chi connectivity index (χ0) is 14.2. The first-order valence-corrected chi connectivity index (χ1v) is 8.26.